The lowest BCUT2D eigenvalue weighted by Crippen LogP contribution is -2.52. The van der Waals surface area contributed by atoms with Crippen molar-refractivity contribution in [2.45, 2.75) is 38.7 Å². The Bertz CT molecular complexity index is 468. The van der Waals surface area contributed by atoms with Crippen LogP contribution in [0.3, 0.4) is 0 Å². The third-order valence-electron chi connectivity index (χ3n) is 5.00. The van der Waals surface area contributed by atoms with E-state index in [-0.39, 0.29) is 11.5 Å². The first-order valence-corrected chi connectivity index (χ1v) is 6.86. The van der Waals surface area contributed by atoms with Crippen molar-refractivity contribution in [2.75, 3.05) is 0 Å². The van der Waals surface area contributed by atoms with Gasteiger partial charge in [0.25, 0.3) is 0 Å². The SMILES string of the molecule is C[C@H]1[C@H](C=O)CC[C@@]2(C)Oc3ccccc3C[C@@H]12. The summed E-state index contributed by atoms with van der Waals surface area (Å²) < 4.78 is 6.27. The molecule has 4 atom stereocenters. The van der Waals surface area contributed by atoms with E-state index in [9.17, 15) is 4.79 Å². The zero-order valence-electron chi connectivity index (χ0n) is 11.1. The first kappa shape index (κ1) is 11.8. The Morgan fingerprint density at radius 2 is 2.17 bits per heavy atom. The summed E-state index contributed by atoms with van der Waals surface area (Å²) in [5.74, 6) is 2.11. The molecule has 0 spiro atoms. The van der Waals surface area contributed by atoms with Crippen LogP contribution in [0, 0.1) is 17.8 Å². The predicted octanol–water partition coefficient (Wildman–Crippen LogP) is 3.24. The number of ether oxygens (including phenoxy) is 1. The highest BCUT2D eigenvalue weighted by atomic mass is 16.5. The molecule has 96 valence electrons. The van der Waals surface area contributed by atoms with Gasteiger partial charge < -0.3 is 9.53 Å². The van der Waals surface area contributed by atoms with Crippen LogP contribution in [0.15, 0.2) is 24.3 Å². The molecule has 1 aromatic carbocycles. The highest BCUT2D eigenvalue weighted by Gasteiger charge is 2.48. The number of hydrogen-bond donors (Lipinski definition) is 0. The van der Waals surface area contributed by atoms with E-state index in [1.807, 2.05) is 6.07 Å². The highest BCUT2D eigenvalue weighted by Crippen LogP contribution is 2.48. The van der Waals surface area contributed by atoms with Crippen LogP contribution in [0.5, 0.6) is 5.75 Å². The molecule has 0 bridgehead atoms. The van der Waals surface area contributed by atoms with Crippen LogP contribution in [-0.2, 0) is 11.2 Å². The van der Waals surface area contributed by atoms with Crippen LogP contribution in [0.25, 0.3) is 0 Å². The molecule has 1 aliphatic carbocycles. The molecule has 1 saturated carbocycles. The normalized spacial score (nSPS) is 38.2. The lowest BCUT2D eigenvalue weighted by atomic mass is 9.63. The van der Waals surface area contributed by atoms with Crippen molar-refractivity contribution in [2.24, 2.45) is 17.8 Å². The molecule has 1 aliphatic heterocycles. The predicted molar refractivity (Wildman–Crippen MR) is 70.6 cm³/mol. The van der Waals surface area contributed by atoms with Crippen molar-refractivity contribution in [3.8, 4) is 5.75 Å². The zero-order valence-corrected chi connectivity index (χ0v) is 11.1. The first-order valence-electron chi connectivity index (χ1n) is 6.86. The minimum atomic E-state index is -0.0900. The van der Waals surface area contributed by atoms with E-state index < -0.39 is 0 Å². The molecule has 2 heteroatoms. The molecule has 0 aromatic heterocycles. The second-order valence-electron chi connectivity index (χ2n) is 6.03. The summed E-state index contributed by atoms with van der Waals surface area (Å²) in [6.45, 7) is 4.42. The Morgan fingerprint density at radius 1 is 1.39 bits per heavy atom. The molecular weight excluding hydrogens is 224 g/mol. The number of benzene rings is 1. The molecule has 2 nitrogen and oxygen atoms in total. The van der Waals surface area contributed by atoms with Crippen LogP contribution < -0.4 is 4.74 Å². The van der Waals surface area contributed by atoms with Crippen LogP contribution in [0.2, 0.25) is 0 Å². The van der Waals surface area contributed by atoms with E-state index >= 15 is 0 Å². The molecule has 0 unspecified atom stereocenters. The average Bonchev–Trinajstić information content (AvgIpc) is 2.37. The summed E-state index contributed by atoms with van der Waals surface area (Å²) in [4.78, 5) is 11.2. The van der Waals surface area contributed by atoms with Gasteiger partial charge in [-0.15, -0.1) is 0 Å². The topological polar surface area (TPSA) is 26.3 Å². The van der Waals surface area contributed by atoms with Gasteiger partial charge in [0.1, 0.15) is 17.6 Å². The minimum Gasteiger partial charge on any atom is -0.487 e. The maximum atomic E-state index is 11.2. The van der Waals surface area contributed by atoms with Gasteiger partial charge in [-0.25, -0.2) is 0 Å². The number of aldehydes is 1. The maximum Gasteiger partial charge on any atom is 0.123 e. The third kappa shape index (κ3) is 1.66. The summed E-state index contributed by atoms with van der Waals surface area (Å²) in [6, 6.07) is 8.30. The summed E-state index contributed by atoms with van der Waals surface area (Å²) >= 11 is 0. The lowest BCUT2D eigenvalue weighted by Gasteiger charge is -2.50. The molecule has 0 saturated heterocycles. The van der Waals surface area contributed by atoms with E-state index in [0.717, 1.165) is 31.3 Å². The smallest absolute Gasteiger partial charge is 0.123 e. The van der Waals surface area contributed by atoms with Gasteiger partial charge in [-0.3, -0.25) is 0 Å². The van der Waals surface area contributed by atoms with Gasteiger partial charge in [0.05, 0.1) is 0 Å². The van der Waals surface area contributed by atoms with E-state index in [1.54, 1.807) is 0 Å². The van der Waals surface area contributed by atoms with Crippen molar-refractivity contribution in [3.05, 3.63) is 29.8 Å². The van der Waals surface area contributed by atoms with Crippen LogP contribution in [0.1, 0.15) is 32.3 Å². The Balaban J connectivity index is 1.96. The maximum absolute atomic E-state index is 11.2. The molecule has 3 rings (SSSR count). The quantitative estimate of drug-likeness (QED) is 0.709. The lowest BCUT2D eigenvalue weighted by molar-refractivity contribution is -0.120. The van der Waals surface area contributed by atoms with Gasteiger partial charge in [-0.2, -0.15) is 0 Å². The summed E-state index contributed by atoms with van der Waals surface area (Å²) in [5, 5.41) is 0. The molecular formula is C16H20O2. The Hall–Kier alpha value is -1.31. The molecule has 0 radical (unpaired) electrons. The second kappa shape index (κ2) is 4.11. The molecule has 1 aromatic rings. The zero-order chi connectivity index (χ0) is 12.8. The van der Waals surface area contributed by atoms with Crippen molar-refractivity contribution >= 4 is 6.29 Å². The molecule has 18 heavy (non-hydrogen) atoms. The molecule has 1 fully saturated rings. The number of para-hydroxylation sites is 1. The van der Waals surface area contributed by atoms with E-state index in [0.29, 0.717) is 11.8 Å². The summed E-state index contributed by atoms with van der Waals surface area (Å²) in [6.07, 6.45) is 4.13. The Kier molecular flexibility index (Phi) is 2.69. The fourth-order valence-corrected chi connectivity index (χ4v) is 3.74. The average molecular weight is 244 g/mol. The highest BCUT2D eigenvalue weighted by molar-refractivity contribution is 5.54. The van der Waals surface area contributed by atoms with E-state index in [1.165, 1.54) is 5.56 Å². The fraction of sp³-hybridized carbons (Fsp3) is 0.562. The summed E-state index contributed by atoms with van der Waals surface area (Å²) in [7, 11) is 0. The van der Waals surface area contributed by atoms with Gasteiger partial charge in [0.15, 0.2) is 0 Å². The minimum absolute atomic E-state index is 0.0900. The van der Waals surface area contributed by atoms with Gasteiger partial charge in [-0.05, 0) is 43.7 Å². The van der Waals surface area contributed by atoms with Gasteiger partial charge in [-0.1, -0.05) is 25.1 Å². The number of rotatable bonds is 1. The van der Waals surface area contributed by atoms with Crippen LogP contribution in [-0.4, -0.2) is 11.9 Å². The van der Waals surface area contributed by atoms with Crippen molar-refractivity contribution in [1.82, 2.24) is 0 Å². The molecule has 2 aliphatic rings. The van der Waals surface area contributed by atoms with Crippen molar-refractivity contribution in [3.63, 3.8) is 0 Å². The fourth-order valence-electron chi connectivity index (χ4n) is 3.74. The molecule has 0 amide bonds. The van der Waals surface area contributed by atoms with Gasteiger partial charge >= 0.3 is 0 Å². The monoisotopic (exact) mass is 244 g/mol. The second-order valence-corrected chi connectivity index (χ2v) is 6.03. The van der Waals surface area contributed by atoms with E-state index in [4.69, 9.17) is 4.74 Å². The number of fused-ring (bicyclic) bond motifs is 2. The van der Waals surface area contributed by atoms with Crippen LogP contribution in [0.4, 0.5) is 0 Å². The molecule has 0 N–H and O–H groups in total. The van der Waals surface area contributed by atoms with Crippen LogP contribution >= 0.6 is 0 Å². The number of carbonyl (C=O) groups is 1. The van der Waals surface area contributed by atoms with Crippen molar-refractivity contribution < 1.29 is 9.53 Å². The first-order chi connectivity index (χ1) is 8.64. The standard InChI is InChI=1S/C16H20O2/c1-11-13(10-17)7-8-16(2)14(11)9-12-5-3-4-6-15(12)18-16/h3-6,10-11,13-14H,7-9H2,1-2H3/t11-,13-,14-,16+/m0/s1. The Labute approximate surface area is 108 Å². The van der Waals surface area contributed by atoms with E-state index in [2.05, 4.69) is 32.0 Å². The van der Waals surface area contributed by atoms with Crippen molar-refractivity contribution in [1.29, 1.82) is 0 Å². The third-order valence-corrected chi connectivity index (χ3v) is 5.00. The summed E-state index contributed by atoms with van der Waals surface area (Å²) in [5.41, 5.74) is 1.20. The van der Waals surface area contributed by atoms with Gasteiger partial charge in [0, 0.05) is 11.8 Å². The Morgan fingerprint density at radius 3 is 2.94 bits per heavy atom. The number of carbonyl (C=O) groups excluding carboxylic acids is 1. The number of hydrogen-bond acceptors (Lipinski definition) is 2. The van der Waals surface area contributed by atoms with Gasteiger partial charge in [0.2, 0.25) is 0 Å². The largest absolute Gasteiger partial charge is 0.487 e. The molecule has 1 heterocycles.